The Labute approximate surface area is 56.4 Å². The molecule has 0 aromatic heterocycles. The van der Waals surface area contributed by atoms with E-state index in [9.17, 15) is 0 Å². The summed E-state index contributed by atoms with van der Waals surface area (Å²) in [5.74, 6) is 0.633. The van der Waals surface area contributed by atoms with E-state index in [-0.39, 0.29) is 6.04 Å². The molecule has 9 heavy (non-hydrogen) atoms. The number of ether oxygens (including phenoxy) is 1. The maximum atomic E-state index is 5.72. The molecule has 2 N–H and O–H groups in total. The monoisotopic (exact) mass is 129 g/mol. The van der Waals surface area contributed by atoms with Crippen molar-refractivity contribution in [3.63, 3.8) is 0 Å². The summed E-state index contributed by atoms with van der Waals surface area (Å²) in [4.78, 5) is 0. The summed E-state index contributed by atoms with van der Waals surface area (Å²) in [5.41, 5.74) is 5.72. The molecular formula is C7H15NO. The molecule has 1 aliphatic heterocycles. The number of hydrogen-bond donors (Lipinski definition) is 1. The Morgan fingerprint density at radius 1 is 1.44 bits per heavy atom. The Kier molecular flexibility index (Phi) is 2.09. The van der Waals surface area contributed by atoms with E-state index in [4.69, 9.17) is 10.5 Å². The smallest absolute Gasteiger partial charge is 0.0623 e. The van der Waals surface area contributed by atoms with Crippen molar-refractivity contribution in [3.05, 3.63) is 0 Å². The Morgan fingerprint density at radius 3 is 2.56 bits per heavy atom. The van der Waals surface area contributed by atoms with Crippen LogP contribution < -0.4 is 5.73 Å². The third-order valence-electron chi connectivity index (χ3n) is 2.01. The fourth-order valence-electron chi connectivity index (χ4n) is 1.21. The first-order valence-corrected chi connectivity index (χ1v) is 3.57. The van der Waals surface area contributed by atoms with Gasteiger partial charge in [0.15, 0.2) is 0 Å². The van der Waals surface area contributed by atoms with Crippen LogP contribution in [-0.4, -0.2) is 18.8 Å². The molecule has 0 aliphatic carbocycles. The van der Waals surface area contributed by atoms with Crippen molar-refractivity contribution < 1.29 is 4.74 Å². The minimum atomic E-state index is 0.265. The van der Waals surface area contributed by atoms with Gasteiger partial charge in [-0.15, -0.1) is 0 Å². The third kappa shape index (κ3) is 1.66. The first-order chi connectivity index (χ1) is 4.20. The minimum absolute atomic E-state index is 0.265. The molecule has 0 saturated carbocycles. The minimum Gasteiger partial charge on any atom is -0.377 e. The predicted octanol–water partition coefficient (Wildman–Crippen LogP) is 0.759. The lowest BCUT2D eigenvalue weighted by Gasteiger charge is -2.29. The van der Waals surface area contributed by atoms with Crippen molar-refractivity contribution in [2.45, 2.75) is 32.4 Å². The highest BCUT2D eigenvalue weighted by atomic mass is 16.5. The largest absolute Gasteiger partial charge is 0.377 e. The molecule has 2 nitrogen and oxygen atoms in total. The van der Waals surface area contributed by atoms with Crippen molar-refractivity contribution in [3.8, 4) is 0 Å². The van der Waals surface area contributed by atoms with E-state index < -0.39 is 0 Å². The topological polar surface area (TPSA) is 35.2 Å². The highest BCUT2D eigenvalue weighted by Crippen LogP contribution is 2.17. The van der Waals surface area contributed by atoms with Crippen molar-refractivity contribution >= 4 is 0 Å². The van der Waals surface area contributed by atoms with Gasteiger partial charge in [-0.2, -0.15) is 0 Å². The molecular weight excluding hydrogens is 114 g/mol. The Balaban J connectivity index is 2.35. The second-order valence-electron chi connectivity index (χ2n) is 3.02. The first kappa shape index (κ1) is 7.03. The van der Waals surface area contributed by atoms with Crippen LogP contribution in [0.2, 0.25) is 0 Å². The molecule has 0 radical (unpaired) electrons. The van der Waals surface area contributed by atoms with Gasteiger partial charge in [-0.05, 0) is 19.3 Å². The lowest BCUT2D eigenvalue weighted by atomic mass is 9.94. The average molecular weight is 129 g/mol. The molecule has 1 fully saturated rings. The van der Waals surface area contributed by atoms with Gasteiger partial charge in [0.25, 0.3) is 0 Å². The van der Waals surface area contributed by atoms with Crippen LogP contribution in [0.25, 0.3) is 0 Å². The molecule has 3 atom stereocenters. The van der Waals surface area contributed by atoms with Gasteiger partial charge < -0.3 is 10.5 Å². The van der Waals surface area contributed by atoms with Gasteiger partial charge in [0, 0.05) is 6.04 Å². The van der Waals surface area contributed by atoms with Gasteiger partial charge in [-0.25, -0.2) is 0 Å². The molecule has 0 amide bonds. The molecule has 0 unspecified atom stereocenters. The molecule has 1 aliphatic rings. The molecule has 0 spiro atoms. The fourth-order valence-corrected chi connectivity index (χ4v) is 1.21. The SMILES string of the molecule is C[C@H]1C[C@H](C)[C@H](N)CO1. The van der Waals surface area contributed by atoms with E-state index in [1.807, 2.05) is 0 Å². The Hall–Kier alpha value is -0.0800. The van der Waals surface area contributed by atoms with E-state index >= 15 is 0 Å². The van der Waals surface area contributed by atoms with E-state index in [0.717, 1.165) is 13.0 Å². The Bertz CT molecular complexity index is 94.9. The lowest BCUT2D eigenvalue weighted by Crippen LogP contribution is -2.40. The second kappa shape index (κ2) is 2.67. The van der Waals surface area contributed by atoms with Crippen LogP contribution in [0.5, 0.6) is 0 Å². The third-order valence-corrected chi connectivity index (χ3v) is 2.01. The average Bonchev–Trinajstić information content (AvgIpc) is 1.80. The molecule has 0 aromatic carbocycles. The van der Waals surface area contributed by atoms with Gasteiger partial charge in [0.2, 0.25) is 0 Å². The van der Waals surface area contributed by atoms with E-state index in [0.29, 0.717) is 12.0 Å². The van der Waals surface area contributed by atoms with Gasteiger partial charge in [0.05, 0.1) is 12.7 Å². The summed E-state index contributed by atoms with van der Waals surface area (Å²) in [6, 6.07) is 0.265. The predicted molar refractivity (Wildman–Crippen MR) is 37.2 cm³/mol. The van der Waals surface area contributed by atoms with E-state index in [1.54, 1.807) is 0 Å². The van der Waals surface area contributed by atoms with E-state index in [2.05, 4.69) is 13.8 Å². The summed E-state index contributed by atoms with van der Waals surface area (Å²) < 4.78 is 5.34. The zero-order valence-corrected chi connectivity index (χ0v) is 6.13. The van der Waals surface area contributed by atoms with Crippen LogP contribution in [0, 0.1) is 5.92 Å². The molecule has 2 heteroatoms. The standard InChI is InChI=1S/C7H15NO/c1-5-3-6(2)9-4-7(5)8/h5-7H,3-4,8H2,1-2H3/t5-,6-,7+/m0/s1. The maximum absolute atomic E-state index is 5.72. The normalized spacial score (nSPS) is 45.0. The van der Waals surface area contributed by atoms with Crippen LogP contribution in [0.3, 0.4) is 0 Å². The molecule has 1 saturated heterocycles. The van der Waals surface area contributed by atoms with Gasteiger partial charge in [-0.1, -0.05) is 6.92 Å². The maximum Gasteiger partial charge on any atom is 0.0623 e. The first-order valence-electron chi connectivity index (χ1n) is 3.57. The number of nitrogens with two attached hydrogens (primary N) is 1. The van der Waals surface area contributed by atoms with Crippen LogP contribution in [0.4, 0.5) is 0 Å². The summed E-state index contributed by atoms with van der Waals surface area (Å²) >= 11 is 0. The van der Waals surface area contributed by atoms with Crippen LogP contribution in [0.15, 0.2) is 0 Å². The summed E-state index contributed by atoms with van der Waals surface area (Å²) in [5, 5.41) is 0. The lowest BCUT2D eigenvalue weighted by molar-refractivity contribution is -0.00632. The van der Waals surface area contributed by atoms with Gasteiger partial charge in [-0.3, -0.25) is 0 Å². The summed E-state index contributed by atoms with van der Waals surface area (Å²) in [6.45, 7) is 5.02. The number of hydrogen-bond acceptors (Lipinski definition) is 2. The number of rotatable bonds is 0. The summed E-state index contributed by atoms with van der Waals surface area (Å²) in [7, 11) is 0. The van der Waals surface area contributed by atoms with Crippen LogP contribution >= 0.6 is 0 Å². The molecule has 1 heterocycles. The molecule has 54 valence electrons. The van der Waals surface area contributed by atoms with Crippen molar-refractivity contribution in [1.29, 1.82) is 0 Å². The van der Waals surface area contributed by atoms with Crippen LogP contribution in [0.1, 0.15) is 20.3 Å². The van der Waals surface area contributed by atoms with Gasteiger partial charge in [0.1, 0.15) is 0 Å². The van der Waals surface area contributed by atoms with Crippen molar-refractivity contribution in [2.24, 2.45) is 11.7 Å². The molecule has 0 bridgehead atoms. The van der Waals surface area contributed by atoms with Crippen LogP contribution in [-0.2, 0) is 4.74 Å². The zero-order chi connectivity index (χ0) is 6.85. The highest BCUT2D eigenvalue weighted by molar-refractivity contribution is 4.75. The van der Waals surface area contributed by atoms with E-state index in [1.165, 1.54) is 0 Å². The molecule has 0 aromatic rings. The quantitative estimate of drug-likeness (QED) is 0.524. The van der Waals surface area contributed by atoms with Gasteiger partial charge >= 0.3 is 0 Å². The molecule has 1 rings (SSSR count). The zero-order valence-electron chi connectivity index (χ0n) is 6.13. The fraction of sp³-hybridized carbons (Fsp3) is 1.00. The van der Waals surface area contributed by atoms with Crippen molar-refractivity contribution in [2.75, 3.05) is 6.61 Å². The second-order valence-corrected chi connectivity index (χ2v) is 3.02. The highest BCUT2D eigenvalue weighted by Gasteiger charge is 2.21. The Morgan fingerprint density at radius 2 is 2.11 bits per heavy atom. The van der Waals surface area contributed by atoms with Crippen molar-refractivity contribution in [1.82, 2.24) is 0 Å². The summed E-state index contributed by atoms with van der Waals surface area (Å²) in [6.07, 6.45) is 1.53.